The van der Waals surface area contributed by atoms with E-state index in [1.165, 1.54) is 5.56 Å². The quantitative estimate of drug-likeness (QED) is 0.703. The highest BCUT2D eigenvalue weighted by Crippen LogP contribution is 2.18. The van der Waals surface area contributed by atoms with Crippen molar-refractivity contribution in [3.05, 3.63) is 48.0 Å². The van der Waals surface area contributed by atoms with Crippen LogP contribution in [-0.2, 0) is 11.2 Å². The molecule has 25 heavy (non-hydrogen) atoms. The van der Waals surface area contributed by atoms with Gasteiger partial charge < -0.3 is 10.6 Å². The van der Waals surface area contributed by atoms with Crippen LogP contribution in [0.15, 0.2) is 31.4 Å². The molecule has 1 aromatic carbocycles. The first-order valence-electron chi connectivity index (χ1n) is 9.17. The second-order valence-corrected chi connectivity index (χ2v) is 6.73. The number of piperazine rings is 1. The van der Waals surface area contributed by atoms with E-state index in [1.807, 2.05) is 24.1 Å². The Balaban J connectivity index is 1.96. The van der Waals surface area contributed by atoms with Gasteiger partial charge in [0.25, 0.3) is 0 Å². The fourth-order valence-corrected chi connectivity index (χ4v) is 3.40. The number of carbonyl (C=O) groups excluding carboxylic acids is 1. The summed E-state index contributed by atoms with van der Waals surface area (Å²) in [5.74, 6) is 0.262. The maximum atomic E-state index is 12.8. The molecule has 0 aliphatic carbocycles. The molecule has 1 amide bonds. The largest absolute Gasteiger partial charge is 0.340 e. The first-order valence-corrected chi connectivity index (χ1v) is 9.17. The molecule has 0 saturated carbocycles. The van der Waals surface area contributed by atoms with Crippen molar-refractivity contribution in [3.63, 3.8) is 0 Å². The number of unbranched alkanes of at least 4 members (excludes halogenated alkanes) is 1. The van der Waals surface area contributed by atoms with E-state index >= 15 is 0 Å². The number of hydrogen-bond acceptors (Lipinski definition) is 3. The Bertz CT molecular complexity index is 611. The maximum absolute atomic E-state index is 12.8. The van der Waals surface area contributed by atoms with Crippen molar-refractivity contribution in [2.45, 2.75) is 31.7 Å². The SMILES string of the molecule is C=Cc1ccc(CCN2CCN(C)C(CCCCN)C2=O)cc1C=C. The fraction of sp³-hybridized carbons (Fsp3) is 0.476. The van der Waals surface area contributed by atoms with E-state index in [4.69, 9.17) is 5.73 Å². The first-order chi connectivity index (χ1) is 12.1. The normalized spacial score (nSPS) is 18.4. The number of amides is 1. The standard InChI is InChI=1S/C21H31N3O/c1-4-18-10-9-17(16-19(18)5-2)11-13-24-15-14-23(3)20(21(24)25)8-6-7-12-22/h4-5,9-10,16,20H,1-2,6-8,11-15,22H2,3H3. The zero-order chi connectivity index (χ0) is 18.2. The van der Waals surface area contributed by atoms with Gasteiger partial charge >= 0.3 is 0 Å². The second kappa shape index (κ2) is 9.54. The van der Waals surface area contributed by atoms with Gasteiger partial charge in [0.15, 0.2) is 0 Å². The zero-order valence-electron chi connectivity index (χ0n) is 15.4. The average molecular weight is 341 g/mol. The Morgan fingerprint density at radius 3 is 2.64 bits per heavy atom. The topological polar surface area (TPSA) is 49.6 Å². The third kappa shape index (κ3) is 5.03. The molecule has 1 aliphatic rings. The summed E-state index contributed by atoms with van der Waals surface area (Å²) in [6, 6.07) is 6.33. The number of carbonyl (C=O) groups is 1. The molecule has 1 fully saturated rings. The number of rotatable bonds is 9. The molecular formula is C21H31N3O. The van der Waals surface area contributed by atoms with Gasteiger partial charge in [0.05, 0.1) is 6.04 Å². The number of likely N-dealkylation sites (N-methyl/N-ethyl adjacent to an activating group) is 1. The summed E-state index contributed by atoms with van der Waals surface area (Å²) in [5, 5.41) is 0. The highest BCUT2D eigenvalue weighted by molar-refractivity contribution is 5.82. The van der Waals surface area contributed by atoms with Gasteiger partial charge in [0.2, 0.25) is 5.91 Å². The number of nitrogens with two attached hydrogens (primary N) is 1. The van der Waals surface area contributed by atoms with Crippen LogP contribution in [0.1, 0.15) is 36.0 Å². The van der Waals surface area contributed by atoms with E-state index in [1.54, 1.807) is 0 Å². The van der Waals surface area contributed by atoms with Crippen LogP contribution < -0.4 is 5.73 Å². The molecule has 4 heteroatoms. The van der Waals surface area contributed by atoms with E-state index in [9.17, 15) is 4.79 Å². The Kier molecular flexibility index (Phi) is 7.41. The van der Waals surface area contributed by atoms with E-state index in [0.717, 1.165) is 56.4 Å². The summed E-state index contributed by atoms with van der Waals surface area (Å²) < 4.78 is 0. The van der Waals surface area contributed by atoms with Crippen LogP contribution >= 0.6 is 0 Å². The van der Waals surface area contributed by atoms with Gasteiger partial charge in [-0.25, -0.2) is 0 Å². The molecule has 1 aromatic rings. The van der Waals surface area contributed by atoms with Gasteiger partial charge in [-0.3, -0.25) is 9.69 Å². The summed E-state index contributed by atoms with van der Waals surface area (Å²) in [6.45, 7) is 10.9. The molecule has 0 bridgehead atoms. The molecule has 4 nitrogen and oxygen atoms in total. The predicted molar refractivity (Wildman–Crippen MR) is 106 cm³/mol. The number of hydrogen-bond donors (Lipinski definition) is 1. The molecule has 0 aromatic heterocycles. The minimum absolute atomic E-state index is 0.00665. The first kappa shape index (κ1) is 19.4. The van der Waals surface area contributed by atoms with Crippen molar-refractivity contribution >= 4 is 18.1 Å². The average Bonchev–Trinajstić information content (AvgIpc) is 2.63. The van der Waals surface area contributed by atoms with Crippen LogP contribution in [0.4, 0.5) is 0 Å². The molecule has 0 radical (unpaired) electrons. The molecule has 2 N–H and O–H groups in total. The lowest BCUT2D eigenvalue weighted by atomic mass is 10.0. The van der Waals surface area contributed by atoms with Crippen LogP contribution in [0.25, 0.3) is 12.2 Å². The Hall–Kier alpha value is -1.91. The molecular weight excluding hydrogens is 310 g/mol. The Morgan fingerprint density at radius 1 is 1.20 bits per heavy atom. The van der Waals surface area contributed by atoms with Crippen LogP contribution in [-0.4, -0.2) is 55.0 Å². The Morgan fingerprint density at radius 2 is 1.96 bits per heavy atom. The summed E-state index contributed by atoms with van der Waals surface area (Å²) in [5.41, 5.74) is 8.99. The second-order valence-electron chi connectivity index (χ2n) is 6.73. The van der Waals surface area contributed by atoms with Gasteiger partial charge in [0, 0.05) is 19.6 Å². The van der Waals surface area contributed by atoms with E-state index in [0.29, 0.717) is 6.54 Å². The summed E-state index contributed by atoms with van der Waals surface area (Å²) in [7, 11) is 2.05. The zero-order valence-corrected chi connectivity index (χ0v) is 15.4. The minimum Gasteiger partial charge on any atom is -0.340 e. The third-order valence-electron chi connectivity index (χ3n) is 5.04. The third-order valence-corrected chi connectivity index (χ3v) is 5.04. The number of nitrogens with zero attached hydrogens (tertiary/aromatic N) is 2. The lowest BCUT2D eigenvalue weighted by Gasteiger charge is -2.39. The van der Waals surface area contributed by atoms with Crippen molar-refractivity contribution in [1.82, 2.24) is 9.80 Å². The van der Waals surface area contributed by atoms with Crippen molar-refractivity contribution in [2.24, 2.45) is 5.73 Å². The molecule has 1 heterocycles. The van der Waals surface area contributed by atoms with E-state index in [-0.39, 0.29) is 11.9 Å². The van der Waals surface area contributed by atoms with Crippen molar-refractivity contribution in [2.75, 3.05) is 33.2 Å². The molecule has 1 aliphatic heterocycles. The lowest BCUT2D eigenvalue weighted by molar-refractivity contribution is -0.141. The van der Waals surface area contributed by atoms with Crippen molar-refractivity contribution < 1.29 is 4.79 Å². The maximum Gasteiger partial charge on any atom is 0.239 e. The van der Waals surface area contributed by atoms with Gasteiger partial charge in [-0.15, -0.1) is 0 Å². The van der Waals surface area contributed by atoms with Crippen LogP contribution in [0.2, 0.25) is 0 Å². The Labute approximate surface area is 152 Å². The van der Waals surface area contributed by atoms with E-state index < -0.39 is 0 Å². The molecule has 1 unspecified atom stereocenters. The van der Waals surface area contributed by atoms with Crippen molar-refractivity contribution in [1.29, 1.82) is 0 Å². The molecule has 1 saturated heterocycles. The minimum atomic E-state index is 0.00665. The molecule has 136 valence electrons. The lowest BCUT2D eigenvalue weighted by Crippen LogP contribution is -2.55. The van der Waals surface area contributed by atoms with E-state index in [2.05, 4.69) is 36.3 Å². The van der Waals surface area contributed by atoms with Crippen molar-refractivity contribution in [3.8, 4) is 0 Å². The summed E-state index contributed by atoms with van der Waals surface area (Å²) in [6.07, 6.45) is 7.46. The number of benzene rings is 1. The molecule has 0 spiro atoms. The van der Waals surface area contributed by atoms with Gasteiger partial charge in [-0.1, -0.05) is 49.9 Å². The monoisotopic (exact) mass is 341 g/mol. The van der Waals surface area contributed by atoms with Gasteiger partial charge in [-0.2, -0.15) is 0 Å². The van der Waals surface area contributed by atoms with Gasteiger partial charge in [-0.05, 0) is 49.5 Å². The van der Waals surface area contributed by atoms with Gasteiger partial charge in [0.1, 0.15) is 0 Å². The van der Waals surface area contributed by atoms with Crippen LogP contribution in [0.5, 0.6) is 0 Å². The summed E-state index contributed by atoms with van der Waals surface area (Å²) in [4.78, 5) is 17.0. The smallest absolute Gasteiger partial charge is 0.239 e. The predicted octanol–water partition coefficient (Wildman–Crippen LogP) is 2.79. The molecule has 1 atom stereocenters. The van der Waals surface area contributed by atoms with Crippen LogP contribution in [0.3, 0.4) is 0 Å². The summed E-state index contributed by atoms with van der Waals surface area (Å²) >= 11 is 0. The highest BCUT2D eigenvalue weighted by atomic mass is 16.2. The van der Waals surface area contributed by atoms with Crippen LogP contribution in [0, 0.1) is 0 Å². The molecule has 2 rings (SSSR count). The highest BCUT2D eigenvalue weighted by Gasteiger charge is 2.31. The fourth-order valence-electron chi connectivity index (χ4n) is 3.40.